The molecule has 0 amide bonds. The lowest BCUT2D eigenvalue weighted by atomic mass is 9.97. The number of hydrogen-bond donors (Lipinski definition) is 1. The largest absolute Gasteiger partial charge is 0.478 e. The van der Waals surface area contributed by atoms with Crippen molar-refractivity contribution in [3.8, 4) is 5.88 Å². The Kier molecular flexibility index (Phi) is 5.35. The van der Waals surface area contributed by atoms with Gasteiger partial charge in [0.2, 0.25) is 15.9 Å². The predicted octanol–water partition coefficient (Wildman–Crippen LogP) is 0.641. The summed E-state index contributed by atoms with van der Waals surface area (Å²) in [5, 5.41) is 0. The predicted molar refractivity (Wildman–Crippen MR) is 81.0 cm³/mol. The van der Waals surface area contributed by atoms with Crippen LogP contribution in [0.25, 0.3) is 0 Å². The molecule has 0 unspecified atom stereocenters. The molecular formula is C13H22N4O3S. The van der Waals surface area contributed by atoms with Crippen LogP contribution in [0, 0.1) is 5.92 Å². The van der Waals surface area contributed by atoms with Crippen LogP contribution in [0.2, 0.25) is 0 Å². The molecule has 2 heterocycles. The highest BCUT2D eigenvalue weighted by Gasteiger charge is 2.21. The number of rotatable bonds is 6. The van der Waals surface area contributed by atoms with E-state index in [9.17, 15) is 8.42 Å². The maximum absolute atomic E-state index is 11.1. The van der Waals surface area contributed by atoms with Crippen LogP contribution in [0.3, 0.4) is 0 Å². The monoisotopic (exact) mass is 314 g/mol. The zero-order valence-electron chi connectivity index (χ0n) is 12.4. The first kappa shape index (κ1) is 16.0. The molecule has 0 saturated carbocycles. The van der Waals surface area contributed by atoms with E-state index >= 15 is 0 Å². The summed E-state index contributed by atoms with van der Waals surface area (Å²) < 4.78 is 30.2. The van der Waals surface area contributed by atoms with Crippen LogP contribution in [0.4, 0.5) is 5.82 Å². The maximum Gasteiger partial charge on any atom is 0.218 e. The normalized spacial score (nSPS) is 17.0. The molecular weight excluding hydrogens is 292 g/mol. The van der Waals surface area contributed by atoms with Crippen molar-refractivity contribution in [1.29, 1.82) is 0 Å². The second-order valence-corrected chi connectivity index (χ2v) is 7.03. The Bertz CT molecular complexity index is 556. The Balaban J connectivity index is 1.87. The van der Waals surface area contributed by atoms with Gasteiger partial charge in [-0.2, -0.15) is 0 Å². The third-order valence-corrected chi connectivity index (χ3v) is 4.18. The zero-order valence-corrected chi connectivity index (χ0v) is 13.3. The SMILES string of the molecule is CCOc1cc(N2CCC(CNS(C)(=O)=O)CC2)ncn1. The summed E-state index contributed by atoms with van der Waals surface area (Å²) in [5.41, 5.74) is 0. The van der Waals surface area contributed by atoms with Crippen LogP contribution < -0.4 is 14.4 Å². The van der Waals surface area contributed by atoms with E-state index in [4.69, 9.17) is 4.74 Å². The summed E-state index contributed by atoms with van der Waals surface area (Å²) in [6.45, 7) is 4.73. The van der Waals surface area contributed by atoms with E-state index in [1.165, 1.54) is 12.6 Å². The van der Waals surface area contributed by atoms with Crippen molar-refractivity contribution in [3.63, 3.8) is 0 Å². The van der Waals surface area contributed by atoms with Gasteiger partial charge in [0.25, 0.3) is 0 Å². The van der Waals surface area contributed by atoms with Gasteiger partial charge in [-0.25, -0.2) is 23.1 Å². The van der Waals surface area contributed by atoms with E-state index in [0.717, 1.165) is 31.7 Å². The summed E-state index contributed by atoms with van der Waals surface area (Å²) in [5.74, 6) is 1.83. The summed E-state index contributed by atoms with van der Waals surface area (Å²) in [6, 6.07) is 1.85. The molecule has 1 fully saturated rings. The minimum absolute atomic E-state index is 0.379. The molecule has 0 aromatic carbocycles. The van der Waals surface area contributed by atoms with Crippen LogP contribution in [0.5, 0.6) is 5.88 Å². The molecule has 0 aliphatic carbocycles. The third-order valence-electron chi connectivity index (χ3n) is 3.49. The molecule has 1 saturated heterocycles. The van der Waals surface area contributed by atoms with Crippen molar-refractivity contribution in [2.75, 3.05) is 37.4 Å². The van der Waals surface area contributed by atoms with Gasteiger partial charge < -0.3 is 9.64 Å². The van der Waals surface area contributed by atoms with E-state index in [1.807, 2.05) is 13.0 Å². The smallest absolute Gasteiger partial charge is 0.218 e. The Morgan fingerprint density at radius 3 is 2.71 bits per heavy atom. The molecule has 1 N–H and O–H groups in total. The number of nitrogens with zero attached hydrogens (tertiary/aromatic N) is 3. The van der Waals surface area contributed by atoms with E-state index in [1.54, 1.807) is 0 Å². The van der Waals surface area contributed by atoms with Crippen molar-refractivity contribution in [3.05, 3.63) is 12.4 Å². The standard InChI is InChI=1S/C13H22N4O3S/c1-3-20-13-8-12(14-10-15-13)17-6-4-11(5-7-17)9-16-21(2,18)19/h8,10-11,16H,3-7,9H2,1-2H3. The average molecular weight is 314 g/mol. The minimum Gasteiger partial charge on any atom is -0.478 e. The highest BCUT2D eigenvalue weighted by Crippen LogP contribution is 2.23. The summed E-state index contributed by atoms with van der Waals surface area (Å²) in [7, 11) is -3.10. The number of nitrogens with one attached hydrogen (secondary N) is 1. The second kappa shape index (κ2) is 7.04. The lowest BCUT2D eigenvalue weighted by Crippen LogP contribution is -2.38. The van der Waals surface area contributed by atoms with Crippen LogP contribution in [0.1, 0.15) is 19.8 Å². The van der Waals surface area contributed by atoms with Gasteiger partial charge in [-0.15, -0.1) is 0 Å². The Morgan fingerprint density at radius 1 is 1.38 bits per heavy atom. The second-order valence-electron chi connectivity index (χ2n) is 5.20. The van der Waals surface area contributed by atoms with Gasteiger partial charge in [0, 0.05) is 25.7 Å². The molecule has 0 spiro atoms. The molecule has 7 nitrogen and oxygen atoms in total. The molecule has 21 heavy (non-hydrogen) atoms. The number of anilines is 1. The van der Waals surface area contributed by atoms with Crippen molar-refractivity contribution in [2.45, 2.75) is 19.8 Å². The summed E-state index contributed by atoms with van der Waals surface area (Å²) in [4.78, 5) is 10.5. The van der Waals surface area contributed by atoms with Gasteiger partial charge in [-0.3, -0.25) is 0 Å². The Hall–Kier alpha value is -1.41. The average Bonchev–Trinajstić information content (AvgIpc) is 2.46. The van der Waals surface area contributed by atoms with Gasteiger partial charge in [0.15, 0.2) is 0 Å². The van der Waals surface area contributed by atoms with E-state index in [0.29, 0.717) is 24.9 Å². The first-order valence-corrected chi connectivity index (χ1v) is 9.01. The number of ether oxygens (including phenoxy) is 1. The number of sulfonamides is 1. The molecule has 0 bridgehead atoms. The highest BCUT2D eigenvalue weighted by atomic mass is 32.2. The van der Waals surface area contributed by atoms with Crippen LogP contribution in [-0.2, 0) is 10.0 Å². The third kappa shape index (κ3) is 5.13. The van der Waals surface area contributed by atoms with Crippen LogP contribution in [-0.4, -0.2) is 50.9 Å². The highest BCUT2D eigenvalue weighted by molar-refractivity contribution is 7.88. The van der Waals surface area contributed by atoms with Gasteiger partial charge in [-0.05, 0) is 25.7 Å². The molecule has 0 atom stereocenters. The van der Waals surface area contributed by atoms with E-state index < -0.39 is 10.0 Å². The maximum atomic E-state index is 11.1. The summed E-state index contributed by atoms with van der Waals surface area (Å²) >= 11 is 0. The first-order valence-electron chi connectivity index (χ1n) is 7.12. The van der Waals surface area contributed by atoms with E-state index in [2.05, 4.69) is 19.6 Å². The first-order chi connectivity index (χ1) is 9.98. The van der Waals surface area contributed by atoms with Crippen LogP contribution >= 0.6 is 0 Å². The number of hydrogen-bond acceptors (Lipinski definition) is 6. The molecule has 1 aliphatic heterocycles. The van der Waals surface area contributed by atoms with Gasteiger partial charge in [0.1, 0.15) is 12.1 Å². The number of aromatic nitrogens is 2. The van der Waals surface area contributed by atoms with Gasteiger partial charge >= 0.3 is 0 Å². The molecule has 1 aromatic rings. The number of piperidine rings is 1. The lowest BCUT2D eigenvalue weighted by molar-refractivity contribution is 0.325. The fourth-order valence-corrected chi connectivity index (χ4v) is 2.90. The fraction of sp³-hybridized carbons (Fsp3) is 0.692. The molecule has 8 heteroatoms. The molecule has 118 valence electrons. The van der Waals surface area contributed by atoms with Gasteiger partial charge in [0.05, 0.1) is 12.9 Å². The molecule has 1 aromatic heterocycles. The Morgan fingerprint density at radius 2 is 2.10 bits per heavy atom. The van der Waals surface area contributed by atoms with Crippen LogP contribution in [0.15, 0.2) is 12.4 Å². The Labute approximate surface area is 125 Å². The minimum atomic E-state index is -3.10. The topological polar surface area (TPSA) is 84.4 Å². The van der Waals surface area contributed by atoms with Gasteiger partial charge in [-0.1, -0.05) is 0 Å². The zero-order chi connectivity index (χ0) is 15.3. The lowest BCUT2D eigenvalue weighted by Gasteiger charge is -2.32. The van der Waals surface area contributed by atoms with Crippen molar-refractivity contribution < 1.29 is 13.2 Å². The van der Waals surface area contributed by atoms with Crippen molar-refractivity contribution in [2.24, 2.45) is 5.92 Å². The summed E-state index contributed by atoms with van der Waals surface area (Å²) in [6.07, 6.45) is 4.59. The fourth-order valence-electron chi connectivity index (χ4n) is 2.37. The quantitative estimate of drug-likeness (QED) is 0.829. The van der Waals surface area contributed by atoms with Crippen molar-refractivity contribution >= 4 is 15.8 Å². The van der Waals surface area contributed by atoms with Crippen molar-refractivity contribution in [1.82, 2.24) is 14.7 Å². The molecule has 1 aliphatic rings. The van der Waals surface area contributed by atoms with E-state index in [-0.39, 0.29) is 0 Å². The molecule has 0 radical (unpaired) electrons. The molecule has 2 rings (SSSR count).